The maximum atomic E-state index is 15.9. The molecule has 3 aromatic heterocycles. The van der Waals surface area contributed by atoms with Gasteiger partial charge in [0.25, 0.3) is 0 Å². The number of para-hydroxylation sites is 2. The van der Waals surface area contributed by atoms with Crippen LogP contribution in [0.1, 0.15) is 127 Å². The number of imidazole rings is 1. The van der Waals surface area contributed by atoms with Crippen molar-refractivity contribution >= 4 is 146 Å². The van der Waals surface area contributed by atoms with Gasteiger partial charge in [-0.15, -0.1) is 11.8 Å². The second-order valence-corrected chi connectivity index (χ2v) is 35.3. The number of rotatable bonds is 27. The number of hydrogen-bond donors (Lipinski definition) is 20. The van der Waals surface area contributed by atoms with Crippen molar-refractivity contribution in [1.82, 2.24) is 97.2 Å². The third kappa shape index (κ3) is 29.2. The number of carbonyl (C=O) groups excluding carboxylic acids is 17. The number of aliphatic hydroxyl groups is 1. The molecule has 3 aliphatic rings. The van der Waals surface area contributed by atoms with Gasteiger partial charge in [0.15, 0.2) is 0 Å². The van der Waals surface area contributed by atoms with Gasteiger partial charge in [-0.05, 0) is 92.9 Å². The number of aromatic hydroxyl groups is 1. The summed E-state index contributed by atoms with van der Waals surface area (Å²) >= 11 is 0.726. The molecular weight excluding hydrogens is 1800 g/mol. The smallest absolute Gasteiger partial charge is 0.323 e. The zero-order chi connectivity index (χ0) is 100. The van der Waals surface area contributed by atoms with Gasteiger partial charge in [-0.25, -0.2) is 4.98 Å². The van der Waals surface area contributed by atoms with Crippen LogP contribution in [-0.4, -0.2) is 333 Å². The Kier molecular flexibility index (Phi) is 39.3. The number of hydrogen-bond acceptors (Lipinski definition) is 25. The maximum absolute atomic E-state index is 15.9. The molecule has 24 N–H and O–H groups in total. The Balaban J connectivity index is 1.11. The number of nitrogens with zero attached hydrogens (tertiary/aromatic N) is 7. The first-order chi connectivity index (χ1) is 65.2. The first kappa shape index (κ1) is 107. The average Bonchev–Trinajstić information content (AvgIpc) is 1.63. The van der Waals surface area contributed by atoms with Crippen LogP contribution in [0.25, 0.3) is 21.8 Å². The van der Waals surface area contributed by atoms with E-state index in [1.165, 1.54) is 75.6 Å². The van der Waals surface area contributed by atoms with Crippen LogP contribution in [0.3, 0.4) is 0 Å². The molecule has 6 heterocycles. The molecule has 0 saturated carbocycles. The number of nitrogens with one attached hydrogen (secondary N) is 12. The molecule has 6 aromatic rings. The van der Waals surface area contributed by atoms with E-state index >= 15 is 33.6 Å². The van der Waals surface area contributed by atoms with Crippen LogP contribution in [0.5, 0.6) is 5.75 Å². The molecule has 0 bridgehead atoms. The number of benzene rings is 3. The van der Waals surface area contributed by atoms with Crippen LogP contribution in [0.2, 0.25) is 0 Å². The Hall–Kier alpha value is -14.1. The lowest BCUT2D eigenvalue weighted by molar-refractivity contribution is -0.149. The van der Waals surface area contributed by atoms with E-state index in [1.807, 2.05) is 6.92 Å². The molecule has 0 unspecified atom stereocenters. The highest BCUT2D eigenvalue weighted by Crippen LogP contribution is 2.29. The summed E-state index contributed by atoms with van der Waals surface area (Å²) in [6.45, 7) is 1.80. The largest absolute Gasteiger partial charge is 0.508 e. The van der Waals surface area contributed by atoms with E-state index < -0.39 is 279 Å². The Morgan fingerprint density at radius 1 is 0.547 bits per heavy atom. The summed E-state index contributed by atoms with van der Waals surface area (Å²) in [5.74, 6) is -21.1. The number of aliphatic carboxylic acids is 2. The lowest BCUT2D eigenvalue weighted by Crippen LogP contribution is -2.62. The lowest BCUT2D eigenvalue weighted by Gasteiger charge is -2.36. The third-order valence-corrected chi connectivity index (χ3v) is 25.3. The van der Waals surface area contributed by atoms with E-state index in [9.17, 15) is 78.0 Å². The molecule has 47 heteroatoms. The normalized spacial score (nSPS) is 24.5. The van der Waals surface area contributed by atoms with E-state index in [-0.39, 0.29) is 75.9 Å². The summed E-state index contributed by atoms with van der Waals surface area (Å²) < 4.78 is 1.41. The van der Waals surface area contributed by atoms with Crippen molar-refractivity contribution in [3.63, 3.8) is 0 Å². The van der Waals surface area contributed by atoms with Crippen LogP contribution in [0.15, 0.2) is 97.7 Å². The number of fused-ring (bicyclic) bond motifs is 4. The number of aromatic amines is 2. The number of amides is 17. The molecule has 0 aliphatic carbocycles. The van der Waals surface area contributed by atoms with Gasteiger partial charge < -0.3 is 136 Å². The summed E-state index contributed by atoms with van der Waals surface area (Å²) in [5, 5.41) is 68.9. The predicted molar refractivity (Wildman–Crippen MR) is 495 cm³/mol. The summed E-state index contributed by atoms with van der Waals surface area (Å²) in [5.41, 5.74) is 25.9. The van der Waals surface area contributed by atoms with E-state index in [0.29, 0.717) is 57.8 Å². The molecule has 3 saturated heterocycles. The number of primary amides is 2. The molecule has 3 fully saturated rings. The van der Waals surface area contributed by atoms with Crippen LogP contribution in [-0.2, 0) is 123 Å². The van der Waals surface area contributed by atoms with Crippen molar-refractivity contribution in [1.29, 1.82) is 0 Å². The molecule has 9 rings (SSSR count). The number of carboxylic acid groups (broad SMARTS) is 2. The van der Waals surface area contributed by atoms with Crippen molar-refractivity contribution < 1.29 is 112 Å². The molecule has 742 valence electrons. The predicted octanol–water partition coefficient (Wildman–Crippen LogP) is -4.50. The van der Waals surface area contributed by atoms with Gasteiger partial charge in [-0.1, -0.05) is 88.1 Å². The van der Waals surface area contributed by atoms with Gasteiger partial charge in [0.1, 0.15) is 96.9 Å². The minimum absolute atomic E-state index is 0.0540. The zero-order valence-electron chi connectivity index (χ0n) is 77.0. The minimum Gasteiger partial charge on any atom is -0.508 e. The summed E-state index contributed by atoms with van der Waals surface area (Å²) in [6.07, 6.45) is 0.991. The van der Waals surface area contributed by atoms with Gasteiger partial charge in [-0.2, -0.15) is 0 Å². The zero-order valence-corrected chi connectivity index (χ0v) is 77.8. The molecule has 3 aromatic carbocycles. The standard InChI is InChI=1S/C90H123N23O23S/c1-7-9-19-68-83(129)106-65(38-92)82(128)107-66(78(124)97-41-73(94)117)45-137-46-74(118)99-62(32-49-23-25-53(114)26-24-49)86(132)108(4)48(3)77(123)104-64(37-75(119)120)89(135)112-31-15-22-69(112)84(130)103-61(35-52-40-95-47-98-52)81(127)101-59(27-28-72(93)116)88(134)113-43-54(115)36-71(113)85(131)102-60(33-50-39-96-57-18-13-11-16-55(50)57)80(126)100-58(29-30-91)79(125)105-63(87(133)110(6)70(20-10-8-2)90(136)109(68)5)34-51-42-111(44-76(121)122)67-21-14-12-17-56(51)67/h11-14,16-18,21,23-26,39-40,42,47-48,54,58-66,68-71,96,114-115H,7-10,15,19-20,22,27-38,41,43-46,91-92H2,1-6H3,(H2,93,116)(H2,94,117)(H,95,98)(H,97,124)(H,99,118)(H,100,126)(H,101,127)(H,102,131)(H,103,130)(H,104,123)(H,105,125)(H,106,129)(H,107,128)(H,119,120)(H,121,122)/t48-,54+,58-,59-,60-,61-,62-,63-,64-,65-,66-,68-,69-,70-,71-/m0/s1. The van der Waals surface area contributed by atoms with Crippen molar-refractivity contribution in [3.05, 3.63) is 120 Å². The number of carbonyl (C=O) groups is 19. The van der Waals surface area contributed by atoms with Crippen molar-refractivity contribution in [2.75, 3.05) is 65.4 Å². The van der Waals surface area contributed by atoms with Crippen LogP contribution in [0, 0.1) is 0 Å². The molecule has 3 aliphatic heterocycles. The number of aliphatic hydroxyl groups excluding tert-OH is 1. The summed E-state index contributed by atoms with van der Waals surface area (Å²) in [7, 11) is 3.77. The first-order valence-corrected chi connectivity index (χ1v) is 46.3. The highest BCUT2D eigenvalue weighted by atomic mass is 32.2. The summed E-state index contributed by atoms with van der Waals surface area (Å²) in [4.78, 5) is 290. The Labute approximate surface area is 792 Å². The Morgan fingerprint density at radius 2 is 1.12 bits per heavy atom. The fourth-order valence-corrected chi connectivity index (χ4v) is 17.6. The SMILES string of the molecule is CCCC[C@H]1C(=O)N(C)[C@@H](CCCC)C(=O)N[C@@H](CN)C(=O)N[C@H](C(=O)NCC(N)=O)CSCC(=O)N[C@@H](Cc2ccc(O)cc2)C(=O)N(C)[C@@H](C)C(=O)N[C@@H](CC(=O)O)C(=O)N2CCC[C@H]2C(=O)N[C@@H](Cc2cnc[nH]2)C(=O)N[C@@H](CCC(N)=O)C(=O)N2C[C@H](O)C[C@H]2C(=O)N[C@@H](Cc2c[nH]c3ccccc23)C(=O)N[C@@H](CCN)C(=O)N[C@@H](Cc2cn(CC(=O)O)c3ccccc23)C(=O)N1C. The number of thioether (sulfide) groups is 1. The third-order valence-electron chi connectivity index (χ3n) is 24.3. The van der Waals surface area contributed by atoms with Crippen LogP contribution >= 0.6 is 11.8 Å². The van der Waals surface area contributed by atoms with Gasteiger partial charge in [-0.3, -0.25) is 91.1 Å². The van der Waals surface area contributed by atoms with Crippen molar-refractivity contribution in [2.45, 2.75) is 227 Å². The van der Waals surface area contributed by atoms with Gasteiger partial charge in [0.05, 0.1) is 31.1 Å². The molecular formula is C90H123N23O23S. The number of likely N-dealkylation sites (N-methyl/N-ethyl adjacent to an activating group) is 3. The highest BCUT2D eigenvalue weighted by Gasteiger charge is 2.47. The van der Waals surface area contributed by atoms with E-state index in [2.05, 4.69) is 68.1 Å². The lowest BCUT2D eigenvalue weighted by atomic mass is 9.99. The quantitative estimate of drug-likeness (QED) is 0.0231. The molecule has 15 atom stereocenters. The molecule has 17 amide bonds. The van der Waals surface area contributed by atoms with Gasteiger partial charge in [0, 0.05) is 131 Å². The Morgan fingerprint density at radius 3 is 1.77 bits per heavy atom. The fourth-order valence-electron chi connectivity index (χ4n) is 16.8. The molecule has 46 nitrogen and oxygen atoms in total. The maximum Gasteiger partial charge on any atom is 0.323 e. The van der Waals surface area contributed by atoms with Crippen LogP contribution in [0.4, 0.5) is 0 Å². The molecule has 0 radical (unpaired) electrons. The number of phenols is 1. The molecule has 137 heavy (non-hydrogen) atoms. The van der Waals surface area contributed by atoms with E-state index in [1.54, 1.807) is 61.7 Å². The second kappa shape index (κ2) is 50.5. The number of phenolic OH excluding ortho intramolecular Hbond substituents is 1. The molecule has 0 spiro atoms. The van der Waals surface area contributed by atoms with Crippen molar-refractivity contribution in [3.8, 4) is 5.75 Å². The number of H-pyrrole nitrogens is 2. The van der Waals surface area contributed by atoms with Crippen LogP contribution < -0.4 is 76.1 Å². The first-order valence-electron chi connectivity index (χ1n) is 45.2. The topological polar surface area (TPSA) is 695 Å². The number of aromatic nitrogens is 4. The van der Waals surface area contributed by atoms with Gasteiger partial charge >= 0.3 is 11.9 Å². The number of nitrogens with two attached hydrogens (primary N) is 4. The summed E-state index contributed by atoms with van der Waals surface area (Å²) in [6, 6.07) is -4.03. The number of carboxylic acids is 2. The minimum atomic E-state index is -1.95. The highest BCUT2D eigenvalue weighted by molar-refractivity contribution is 8.00. The van der Waals surface area contributed by atoms with Gasteiger partial charge in [0.2, 0.25) is 100 Å². The fraction of sp³-hybridized carbons (Fsp3) is 0.511. The number of unbranched alkanes of at least 4 members (excludes halogenated alkanes) is 2. The second-order valence-electron chi connectivity index (χ2n) is 34.3. The van der Waals surface area contributed by atoms with Crippen molar-refractivity contribution in [2.24, 2.45) is 22.9 Å². The van der Waals surface area contributed by atoms with E-state index in [4.69, 9.17) is 22.9 Å². The Bertz CT molecular complexity index is 5360. The monoisotopic (exact) mass is 1930 g/mol. The van der Waals surface area contributed by atoms with E-state index in [0.717, 1.165) is 36.3 Å². The average molecular weight is 1930 g/mol.